The third-order valence-electron chi connectivity index (χ3n) is 5.54. The molecule has 0 saturated carbocycles. The summed E-state index contributed by atoms with van der Waals surface area (Å²) in [5.41, 5.74) is 3.32. The predicted molar refractivity (Wildman–Crippen MR) is 120 cm³/mol. The molecule has 0 aliphatic carbocycles. The molecule has 1 aromatic heterocycles. The van der Waals surface area contributed by atoms with Crippen molar-refractivity contribution in [3.8, 4) is 5.69 Å². The number of nitrogens with one attached hydrogen (secondary N) is 1. The molecule has 0 fully saturated rings. The number of halogens is 3. The highest BCUT2D eigenvalue weighted by molar-refractivity contribution is 6.33. The second-order valence-electron chi connectivity index (χ2n) is 7.57. The van der Waals surface area contributed by atoms with Crippen molar-refractivity contribution in [1.29, 1.82) is 0 Å². The topological polar surface area (TPSA) is 37.3 Å². The van der Waals surface area contributed by atoms with Gasteiger partial charge in [-0.3, -0.25) is 0 Å². The molecule has 1 aliphatic heterocycles. The Kier molecular flexibility index (Phi) is 5.15. The minimum atomic E-state index is -0.731. The average Bonchev–Trinajstić information content (AvgIpc) is 3.18. The lowest BCUT2D eigenvalue weighted by atomic mass is 10.0. The highest BCUT2D eigenvalue weighted by atomic mass is 35.5. The van der Waals surface area contributed by atoms with Gasteiger partial charge in [0.2, 0.25) is 0 Å². The Morgan fingerprint density at radius 1 is 0.938 bits per heavy atom. The van der Waals surface area contributed by atoms with E-state index in [0.29, 0.717) is 22.0 Å². The molecular weight excluding hydrogens is 432 g/mol. The molecule has 0 unspecified atom stereocenters. The zero-order chi connectivity index (χ0) is 22.2. The third-order valence-corrected chi connectivity index (χ3v) is 5.87. The lowest BCUT2D eigenvalue weighted by molar-refractivity contribution is 0.194. The highest BCUT2D eigenvalue weighted by Gasteiger charge is 2.33. The van der Waals surface area contributed by atoms with Gasteiger partial charge in [0.1, 0.15) is 11.6 Å². The largest absolute Gasteiger partial charge is 0.323 e. The van der Waals surface area contributed by atoms with Gasteiger partial charge in [-0.05, 0) is 53.6 Å². The molecule has 1 aliphatic rings. The molecule has 1 atom stereocenters. The Morgan fingerprint density at radius 2 is 1.66 bits per heavy atom. The molecule has 1 N–H and O–H groups in total. The smallest absolute Gasteiger partial charge is 0.318 e. The molecule has 0 saturated heterocycles. The fraction of sp³-hybridized carbons (Fsp3) is 0.0800. The minimum Gasteiger partial charge on any atom is -0.318 e. The summed E-state index contributed by atoms with van der Waals surface area (Å²) in [6.45, 7) is 0.233. The first kappa shape index (κ1) is 20.3. The van der Waals surface area contributed by atoms with E-state index in [1.54, 1.807) is 29.2 Å². The van der Waals surface area contributed by atoms with E-state index >= 15 is 0 Å². The van der Waals surface area contributed by atoms with Crippen LogP contribution in [-0.4, -0.2) is 15.5 Å². The Balaban J connectivity index is 1.67. The Hall–Kier alpha value is -3.64. The monoisotopic (exact) mass is 449 g/mol. The number of nitrogens with zero attached hydrogens (tertiary/aromatic N) is 2. The second-order valence-corrected chi connectivity index (χ2v) is 7.98. The van der Waals surface area contributed by atoms with Crippen molar-refractivity contribution in [2.45, 2.75) is 12.6 Å². The number of amides is 2. The van der Waals surface area contributed by atoms with Gasteiger partial charge in [0, 0.05) is 18.0 Å². The number of benzene rings is 3. The fourth-order valence-corrected chi connectivity index (χ4v) is 4.36. The van der Waals surface area contributed by atoms with E-state index in [9.17, 15) is 13.6 Å². The predicted octanol–water partition coefficient (Wildman–Crippen LogP) is 6.55. The summed E-state index contributed by atoms with van der Waals surface area (Å²) in [5, 5.41) is 3.24. The molecule has 4 aromatic rings. The molecule has 0 radical (unpaired) electrons. The van der Waals surface area contributed by atoms with Crippen LogP contribution in [0, 0.1) is 11.6 Å². The first-order chi connectivity index (χ1) is 15.5. The maximum absolute atomic E-state index is 14.2. The summed E-state index contributed by atoms with van der Waals surface area (Å²) in [4.78, 5) is 15.1. The molecule has 32 heavy (non-hydrogen) atoms. The average molecular weight is 450 g/mol. The van der Waals surface area contributed by atoms with E-state index in [1.807, 2.05) is 47.2 Å². The number of carbonyl (C=O) groups excluding carboxylic acids is 1. The van der Waals surface area contributed by atoms with Crippen LogP contribution in [-0.2, 0) is 6.54 Å². The number of rotatable bonds is 2. The number of fused-ring (bicyclic) bond motifs is 3. The molecule has 5 rings (SSSR count). The van der Waals surface area contributed by atoms with Gasteiger partial charge >= 0.3 is 6.03 Å². The van der Waals surface area contributed by atoms with Gasteiger partial charge in [0.15, 0.2) is 0 Å². The van der Waals surface area contributed by atoms with Crippen molar-refractivity contribution >= 4 is 23.3 Å². The Bertz CT molecular complexity index is 1300. The van der Waals surface area contributed by atoms with Crippen molar-refractivity contribution < 1.29 is 13.6 Å². The zero-order valence-corrected chi connectivity index (χ0v) is 17.6. The van der Waals surface area contributed by atoms with E-state index in [1.165, 1.54) is 12.1 Å². The third kappa shape index (κ3) is 3.63. The molecule has 3 aromatic carbocycles. The second kappa shape index (κ2) is 8.13. The van der Waals surface area contributed by atoms with Crippen LogP contribution in [0.4, 0.5) is 19.3 Å². The number of carbonyl (C=O) groups is 1. The highest BCUT2D eigenvalue weighted by Crippen LogP contribution is 2.37. The van der Waals surface area contributed by atoms with Crippen LogP contribution in [0.25, 0.3) is 5.69 Å². The van der Waals surface area contributed by atoms with Crippen LogP contribution in [0.2, 0.25) is 5.02 Å². The lowest BCUT2D eigenvalue weighted by Gasteiger charge is -2.31. The fourth-order valence-electron chi connectivity index (χ4n) is 4.17. The number of urea groups is 1. The van der Waals surface area contributed by atoms with Gasteiger partial charge < -0.3 is 14.8 Å². The first-order valence-electron chi connectivity index (χ1n) is 10.0. The molecule has 4 nitrogen and oxygen atoms in total. The van der Waals surface area contributed by atoms with Gasteiger partial charge in [0.25, 0.3) is 0 Å². The van der Waals surface area contributed by atoms with E-state index in [-0.39, 0.29) is 6.54 Å². The lowest BCUT2D eigenvalue weighted by Crippen LogP contribution is -2.38. The number of aromatic nitrogens is 1. The van der Waals surface area contributed by atoms with Gasteiger partial charge in [-0.2, -0.15) is 0 Å². The summed E-state index contributed by atoms with van der Waals surface area (Å²) in [6.07, 6.45) is 1.88. The number of anilines is 1. The number of hydrogen-bond acceptors (Lipinski definition) is 1. The van der Waals surface area contributed by atoms with Gasteiger partial charge in [-0.25, -0.2) is 13.6 Å². The molecule has 0 spiro atoms. The van der Waals surface area contributed by atoms with Gasteiger partial charge in [-0.1, -0.05) is 41.9 Å². The normalized spacial score (nSPS) is 15.0. The summed E-state index contributed by atoms with van der Waals surface area (Å²) in [5.74, 6) is -1.40. The first-order valence-corrected chi connectivity index (χ1v) is 10.4. The van der Waals surface area contributed by atoms with Crippen molar-refractivity contribution in [2.75, 3.05) is 5.32 Å². The van der Waals surface area contributed by atoms with E-state index in [0.717, 1.165) is 17.3 Å². The molecular formula is C25H18ClF2N3O. The summed E-state index contributed by atoms with van der Waals surface area (Å²) in [7, 11) is 0. The maximum atomic E-state index is 14.2. The van der Waals surface area contributed by atoms with Crippen molar-refractivity contribution in [3.63, 3.8) is 0 Å². The molecule has 2 heterocycles. The van der Waals surface area contributed by atoms with E-state index < -0.39 is 23.7 Å². The standard InChI is InChI=1S/C25H18ClF2N3O/c26-20-7-2-3-8-21(20)29-25(32)31-15-16-6-1-4-9-22(16)30-11-5-10-23(30)24(31)17-12-18(27)14-19(28)13-17/h1-14,24H,15H2,(H,29,32)/t24-/m1/s1. The van der Waals surface area contributed by atoms with Crippen LogP contribution >= 0.6 is 11.6 Å². The SMILES string of the molecule is O=C(Nc1ccccc1Cl)N1Cc2ccccc2-n2cccc2[C@H]1c1cc(F)cc(F)c1. The molecule has 2 amide bonds. The van der Waals surface area contributed by atoms with Crippen molar-refractivity contribution in [1.82, 2.24) is 9.47 Å². The molecule has 160 valence electrons. The summed E-state index contributed by atoms with van der Waals surface area (Å²) < 4.78 is 30.3. The van der Waals surface area contributed by atoms with Crippen LogP contribution in [0.3, 0.4) is 0 Å². The molecule has 0 bridgehead atoms. The van der Waals surface area contributed by atoms with E-state index in [4.69, 9.17) is 11.6 Å². The summed E-state index contributed by atoms with van der Waals surface area (Å²) in [6, 6.07) is 20.5. The van der Waals surface area contributed by atoms with E-state index in [2.05, 4.69) is 5.32 Å². The van der Waals surface area contributed by atoms with Crippen molar-refractivity contribution in [2.24, 2.45) is 0 Å². The summed E-state index contributed by atoms with van der Waals surface area (Å²) >= 11 is 6.24. The van der Waals surface area contributed by atoms with Gasteiger partial charge in [-0.15, -0.1) is 0 Å². The quantitative estimate of drug-likeness (QED) is 0.370. The number of hydrogen-bond donors (Lipinski definition) is 1. The Morgan fingerprint density at radius 3 is 2.44 bits per heavy atom. The van der Waals surface area contributed by atoms with Crippen LogP contribution in [0.15, 0.2) is 85.1 Å². The van der Waals surface area contributed by atoms with Crippen LogP contribution < -0.4 is 5.32 Å². The number of para-hydroxylation sites is 2. The van der Waals surface area contributed by atoms with Crippen molar-refractivity contribution in [3.05, 3.63) is 119 Å². The zero-order valence-electron chi connectivity index (χ0n) is 16.8. The van der Waals surface area contributed by atoms with Gasteiger partial charge in [0.05, 0.1) is 29.0 Å². The maximum Gasteiger partial charge on any atom is 0.323 e. The minimum absolute atomic E-state index is 0.233. The molecule has 7 heteroatoms. The van der Waals surface area contributed by atoms with Crippen LogP contribution in [0.5, 0.6) is 0 Å². The Labute approximate surface area is 188 Å². The van der Waals surface area contributed by atoms with Crippen LogP contribution in [0.1, 0.15) is 22.9 Å².